The number of carbonyl (C=O) groups is 1. The molecule has 2 aliphatic heterocycles. The van der Waals surface area contributed by atoms with Gasteiger partial charge in [-0.15, -0.1) is 0 Å². The van der Waals surface area contributed by atoms with E-state index in [1.54, 1.807) is 6.07 Å². The largest absolute Gasteiger partial charge is 0.444 e. The lowest BCUT2D eigenvalue weighted by atomic mass is 9.95. The number of halogens is 1. The maximum absolute atomic E-state index is 13.7. The van der Waals surface area contributed by atoms with Crippen molar-refractivity contribution in [2.75, 3.05) is 0 Å². The number of hydrogen-bond donors (Lipinski definition) is 0. The normalized spacial score (nSPS) is 23.2. The Labute approximate surface area is 143 Å². The molecule has 0 aromatic heterocycles. The molecule has 1 fully saturated rings. The van der Waals surface area contributed by atoms with Gasteiger partial charge < -0.3 is 4.74 Å². The van der Waals surface area contributed by atoms with E-state index < -0.39 is 5.60 Å². The molecule has 2 bridgehead atoms. The van der Waals surface area contributed by atoms with Crippen molar-refractivity contribution in [3.8, 4) is 0 Å². The molecule has 3 nitrogen and oxygen atoms in total. The van der Waals surface area contributed by atoms with Gasteiger partial charge in [-0.05, 0) is 64.5 Å². The van der Waals surface area contributed by atoms with Gasteiger partial charge in [0.05, 0.1) is 6.04 Å². The van der Waals surface area contributed by atoms with E-state index in [4.69, 9.17) is 4.74 Å². The summed E-state index contributed by atoms with van der Waals surface area (Å²) in [6.45, 7) is 5.69. The fraction of sp³-hybridized carbons (Fsp3) is 0.550. The molecule has 1 amide bonds. The number of aryl methyl sites for hydroxylation is 1. The van der Waals surface area contributed by atoms with Crippen molar-refractivity contribution in [1.82, 2.24) is 4.90 Å². The highest BCUT2D eigenvalue weighted by atomic mass is 19.1. The molecule has 1 aromatic carbocycles. The zero-order valence-electron chi connectivity index (χ0n) is 14.7. The third-order valence-electron chi connectivity index (χ3n) is 4.75. The summed E-state index contributed by atoms with van der Waals surface area (Å²) in [7, 11) is 0. The van der Waals surface area contributed by atoms with Crippen molar-refractivity contribution >= 4 is 6.09 Å². The molecule has 0 N–H and O–H groups in total. The van der Waals surface area contributed by atoms with Gasteiger partial charge in [0.15, 0.2) is 0 Å². The summed E-state index contributed by atoms with van der Waals surface area (Å²) < 4.78 is 19.3. The zero-order chi connectivity index (χ0) is 17.3. The van der Waals surface area contributed by atoms with E-state index in [0.29, 0.717) is 6.42 Å². The Balaban J connectivity index is 1.64. The lowest BCUT2D eigenvalue weighted by Gasteiger charge is -2.35. The van der Waals surface area contributed by atoms with Crippen LogP contribution in [0.4, 0.5) is 9.18 Å². The predicted molar refractivity (Wildman–Crippen MR) is 92.3 cm³/mol. The molecule has 2 unspecified atom stereocenters. The van der Waals surface area contributed by atoms with Gasteiger partial charge >= 0.3 is 6.09 Å². The van der Waals surface area contributed by atoms with Crippen LogP contribution in [0.3, 0.4) is 0 Å². The molecular weight excluding hydrogens is 305 g/mol. The van der Waals surface area contributed by atoms with Crippen LogP contribution in [0.15, 0.2) is 35.9 Å². The number of rotatable bonds is 3. The first-order valence-corrected chi connectivity index (χ1v) is 8.78. The lowest BCUT2D eigenvalue weighted by molar-refractivity contribution is 0.0166. The van der Waals surface area contributed by atoms with Gasteiger partial charge in [-0.25, -0.2) is 9.18 Å². The molecule has 2 atom stereocenters. The van der Waals surface area contributed by atoms with Crippen LogP contribution in [-0.4, -0.2) is 28.7 Å². The lowest BCUT2D eigenvalue weighted by Crippen LogP contribution is -2.45. The molecule has 1 aromatic rings. The second-order valence-corrected chi connectivity index (χ2v) is 7.81. The van der Waals surface area contributed by atoms with Crippen LogP contribution < -0.4 is 0 Å². The summed E-state index contributed by atoms with van der Waals surface area (Å²) >= 11 is 0. The van der Waals surface area contributed by atoms with Crippen molar-refractivity contribution in [2.45, 2.75) is 70.6 Å². The molecule has 0 saturated carbocycles. The van der Waals surface area contributed by atoms with Gasteiger partial charge in [0.1, 0.15) is 11.4 Å². The fourth-order valence-corrected chi connectivity index (χ4v) is 3.70. The second-order valence-electron chi connectivity index (χ2n) is 7.81. The summed E-state index contributed by atoms with van der Waals surface area (Å²) in [5, 5.41) is 0. The van der Waals surface area contributed by atoms with Gasteiger partial charge in [-0.3, -0.25) is 4.90 Å². The topological polar surface area (TPSA) is 29.5 Å². The highest BCUT2D eigenvalue weighted by Gasteiger charge is 2.41. The molecule has 130 valence electrons. The monoisotopic (exact) mass is 331 g/mol. The molecule has 0 spiro atoms. The molecule has 2 heterocycles. The van der Waals surface area contributed by atoms with Crippen molar-refractivity contribution in [3.05, 3.63) is 47.3 Å². The summed E-state index contributed by atoms with van der Waals surface area (Å²) in [5.41, 5.74) is 1.64. The Hall–Kier alpha value is -1.84. The van der Waals surface area contributed by atoms with Gasteiger partial charge in [-0.1, -0.05) is 29.8 Å². The third kappa shape index (κ3) is 3.80. The summed E-state index contributed by atoms with van der Waals surface area (Å²) in [4.78, 5) is 14.3. The number of amides is 1. The second kappa shape index (κ2) is 6.58. The van der Waals surface area contributed by atoms with E-state index in [1.165, 1.54) is 11.6 Å². The van der Waals surface area contributed by atoms with Crippen LogP contribution in [0, 0.1) is 5.82 Å². The van der Waals surface area contributed by atoms with Gasteiger partial charge in [0, 0.05) is 6.04 Å². The number of nitrogens with zero attached hydrogens (tertiary/aromatic N) is 1. The van der Waals surface area contributed by atoms with Crippen LogP contribution in [0.25, 0.3) is 0 Å². The third-order valence-corrected chi connectivity index (χ3v) is 4.75. The quantitative estimate of drug-likeness (QED) is 0.741. The Morgan fingerprint density at radius 2 is 2.00 bits per heavy atom. The Morgan fingerprint density at radius 3 is 2.67 bits per heavy atom. The summed E-state index contributed by atoms with van der Waals surface area (Å²) in [6, 6.07) is 7.32. The highest BCUT2D eigenvalue weighted by molar-refractivity contribution is 5.70. The Kier molecular flexibility index (Phi) is 4.66. The van der Waals surface area contributed by atoms with E-state index >= 15 is 0 Å². The maximum Gasteiger partial charge on any atom is 0.411 e. The van der Waals surface area contributed by atoms with Crippen LogP contribution in [-0.2, 0) is 11.2 Å². The highest BCUT2D eigenvalue weighted by Crippen LogP contribution is 2.37. The van der Waals surface area contributed by atoms with Crippen LogP contribution in [0.2, 0.25) is 0 Å². The maximum atomic E-state index is 13.7. The number of hydrogen-bond acceptors (Lipinski definition) is 2. The minimum absolute atomic E-state index is 0.132. The van der Waals surface area contributed by atoms with Crippen molar-refractivity contribution in [3.63, 3.8) is 0 Å². The first-order chi connectivity index (χ1) is 11.3. The smallest absolute Gasteiger partial charge is 0.411 e. The number of benzene rings is 1. The Morgan fingerprint density at radius 1 is 1.25 bits per heavy atom. The first-order valence-electron chi connectivity index (χ1n) is 8.78. The minimum atomic E-state index is -0.467. The average molecular weight is 331 g/mol. The van der Waals surface area contributed by atoms with Gasteiger partial charge in [0.2, 0.25) is 0 Å². The van der Waals surface area contributed by atoms with Gasteiger partial charge in [-0.2, -0.15) is 0 Å². The standard InChI is InChI=1S/C20H26FNO2/c1-20(2,3)24-19(23)22-16-10-11-17(22)13-14(12-16)8-9-15-6-4-5-7-18(15)21/h4-7,12,16-17H,8-11,13H2,1-3H3. The fourth-order valence-electron chi connectivity index (χ4n) is 3.70. The van der Waals surface area contributed by atoms with E-state index in [1.807, 2.05) is 37.8 Å². The molecular formula is C20H26FNO2. The van der Waals surface area contributed by atoms with Crippen LogP contribution >= 0.6 is 0 Å². The molecule has 2 aliphatic rings. The van der Waals surface area contributed by atoms with Crippen LogP contribution in [0.5, 0.6) is 0 Å². The van der Waals surface area contributed by atoms with Crippen LogP contribution in [0.1, 0.15) is 52.0 Å². The zero-order valence-corrected chi connectivity index (χ0v) is 14.7. The SMILES string of the molecule is CC(C)(C)OC(=O)N1C2C=C(CCc3ccccc3F)CC1CC2. The summed E-state index contributed by atoms with van der Waals surface area (Å²) in [5.74, 6) is -0.132. The summed E-state index contributed by atoms with van der Waals surface area (Å²) in [6.07, 6.45) is 6.45. The van der Waals surface area contributed by atoms with E-state index in [2.05, 4.69) is 6.08 Å². The molecule has 24 heavy (non-hydrogen) atoms. The number of ether oxygens (including phenoxy) is 1. The molecule has 0 radical (unpaired) electrons. The predicted octanol–water partition coefficient (Wildman–Crippen LogP) is 4.86. The van der Waals surface area contributed by atoms with Crippen molar-refractivity contribution in [1.29, 1.82) is 0 Å². The molecule has 0 aliphatic carbocycles. The average Bonchev–Trinajstić information content (AvgIpc) is 2.76. The Bertz CT molecular complexity index is 647. The molecule has 1 saturated heterocycles. The van der Waals surface area contributed by atoms with Crippen molar-refractivity contribution in [2.24, 2.45) is 0 Å². The minimum Gasteiger partial charge on any atom is -0.444 e. The van der Waals surface area contributed by atoms with E-state index in [0.717, 1.165) is 31.2 Å². The molecule has 3 rings (SSSR count). The van der Waals surface area contributed by atoms with E-state index in [-0.39, 0.29) is 24.0 Å². The van der Waals surface area contributed by atoms with Gasteiger partial charge in [0.25, 0.3) is 0 Å². The van der Waals surface area contributed by atoms with Crippen molar-refractivity contribution < 1.29 is 13.9 Å². The molecule has 4 heteroatoms. The number of fused-ring (bicyclic) bond motifs is 2. The number of carbonyl (C=O) groups excluding carboxylic acids is 1. The first kappa shape index (κ1) is 17.0. The van der Waals surface area contributed by atoms with E-state index in [9.17, 15) is 9.18 Å².